The lowest BCUT2D eigenvalue weighted by Crippen LogP contribution is -2.71. The molecule has 0 bridgehead atoms. The number of esters is 1. The Hall–Kier alpha value is -1.55. The van der Waals surface area contributed by atoms with E-state index in [0.29, 0.717) is 44.9 Å². The van der Waals surface area contributed by atoms with Gasteiger partial charge in [-0.25, -0.2) is 9.78 Å². The Kier molecular flexibility index (Phi) is 14.8. The van der Waals surface area contributed by atoms with Crippen LogP contribution in [0.5, 0.6) is 0 Å². The van der Waals surface area contributed by atoms with Crippen molar-refractivity contribution in [1.29, 1.82) is 0 Å². The molecular weight excluding hydrogens is 913 g/mol. The third-order valence-electron chi connectivity index (χ3n) is 19.2. The highest BCUT2D eigenvalue weighted by atomic mass is 17.2. The number of rotatable bonds is 10. The van der Waals surface area contributed by atoms with Gasteiger partial charge in [-0.3, -0.25) is 4.79 Å². The maximum absolute atomic E-state index is 15.0. The molecule has 7 fully saturated rings. The van der Waals surface area contributed by atoms with Crippen molar-refractivity contribution >= 4 is 5.97 Å². The third-order valence-corrected chi connectivity index (χ3v) is 19.2. The summed E-state index contributed by atoms with van der Waals surface area (Å²) in [6.07, 6.45) is -22.0. The lowest BCUT2D eigenvalue weighted by Gasteiger charge is -2.72. The molecule has 5 aliphatic carbocycles. The van der Waals surface area contributed by atoms with Crippen LogP contribution in [-0.4, -0.2) is 203 Å². The summed E-state index contributed by atoms with van der Waals surface area (Å²) in [7, 11) is 0. The summed E-state index contributed by atoms with van der Waals surface area (Å²) in [5, 5.41) is 141. The van der Waals surface area contributed by atoms with E-state index in [0.717, 1.165) is 5.57 Å². The zero-order chi connectivity index (χ0) is 50.7. The topological polar surface area (TPSA) is 345 Å². The summed E-state index contributed by atoms with van der Waals surface area (Å²) in [5.41, 5.74) is -3.04. The molecule has 3 aliphatic heterocycles. The van der Waals surface area contributed by atoms with Crippen LogP contribution in [0.1, 0.15) is 99.8 Å². The van der Waals surface area contributed by atoms with Crippen molar-refractivity contribution in [3.8, 4) is 0 Å². The van der Waals surface area contributed by atoms with Crippen LogP contribution in [0.2, 0.25) is 0 Å². The SMILES string of the molecule is CC1OC(OOC2C(CO)OC(OCC3OC(OC(=O)C45CCC(C)(C)CC4C4=CCC6C7(C)CC(O)C(O)C(C)(CO)C7C(O)CC6(C)C4(C)CC5)C(O)C(O)C3O)C(O)C2O)C(O)C(O)C1O. The molecule has 69 heavy (non-hydrogen) atoms. The lowest BCUT2D eigenvalue weighted by molar-refractivity contribution is -0.463. The van der Waals surface area contributed by atoms with Crippen molar-refractivity contribution < 1.29 is 105 Å². The number of allylic oxidation sites excluding steroid dienone is 2. The minimum absolute atomic E-state index is 0.0523. The lowest BCUT2D eigenvalue weighted by atomic mass is 9.33. The first-order chi connectivity index (χ1) is 32.2. The molecule has 0 aromatic heterocycles. The highest BCUT2D eigenvalue weighted by Gasteiger charge is 2.73. The number of hydrogen-bond acceptors (Lipinski definition) is 21. The Balaban J connectivity index is 0.975. The second kappa shape index (κ2) is 19.0. The van der Waals surface area contributed by atoms with Gasteiger partial charge in [-0.05, 0) is 91.8 Å². The number of carbonyl (C=O) groups excluding carboxylic acids is 1. The van der Waals surface area contributed by atoms with Crippen LogP contribution in [0.3, 0.4) is 0 Å². The van der Waals surface area contributed by atoms with Crippen LogP contribution in [0.25, 0.3) is 0 Å². The molecule has 13 N–H and O–H groups in total. The number of fused-ring (bicyclic) bond motifs is 7. The average molecular weight is 991 g/mol. The number of hydrogen-bond donors (Lipinski definition) is 13. The molecule has 3 heterocycles. The monoisotopic (exact) mass is 991 g/mol. The molecule has 0 aromatic carbocycles. The first-order valence-electron chi connectivity index (χ1n) is 24.7. The molecule has 8 rings (SSSR count). The van der Waals surface area contributed by atoms with E-state index in [1.54, 1.807) is 6.92 Å². The molecule has 0 radical (unpaired) electrons. The van der Waals surface area contributed by atoms with Crippen LogP contribution >= 0.6 is 0 Å². The normalized spacial score (nSPS) is 55.1. The van der Waals surface area contributed by atoms with Crippen LogP contribution in [-0.2, 0) is 38.3 Å². The van der Waals surface area contributed by atoms with Gasteiger partial charge in [-0.1, -0.05) is 53.2 Å². The fourth-order valence-corrected chi connectivity index (χ4v) is 15.0. The maximum atomic E-state index is 15.0. The smallest absolute Gasteiger partial charge is 0.315 e. The second-order valence-electron chi connectivity index (χ2n) is 23.7. The number of carbonyl (C=O) groups is 1. The second-order valence-corrected chi connectivity index (χ2v) is 23.7. The van der Waals surface area contributed by atoms with Gasteiger partial charge in [-0.15, -0.1) is 0 Å². The molecule has 396 valence electrons. The van der Waals surface area contributed by atoms with Gasteiger partial charge in [0.1, 0.15) is 67.1 Å². The first-order valence-corrected chi connectivity index (χ1v) is 24.7. The van der Waals surface area contributed by atoms with E-state index in [-0.39, 0.29) is 23.7 Å². The summed E-state index contributed by atoms with van der Waals surface area (Å²) in [5.74, 6) is -1.52. The highest BCUT2D eigenvalue weighted by molar-refractivity contribution is 5.79. The van der Waals surface area contributed by atoms with Gasteiger partial charge in [0.15, 0.2) is 6.29 Å². The van der Waals surface area contributed by atoms with Gasteiger partial charge in [0, 0.05) is 11.3 Å². The van der Waals surface area contributed by atoms with Crippen molar-refractivity contribution in [1.82, 2.24) is 0 Å². The molecule has 8 aliphatic rings. The van der Waals surface area contributed by atoms with E-state index in [2.05, 4.69) is 40.7 Å². The first kappa shape index (κ1) is 53.7. The van der Waals surface area contributed by atoms with E-state index in [9.17, 15) is 71.2 Å². The quantitative estimate of drug-likeness (QED) is 0.0488. The van der Waals surface area contributed by atoms with Crippen molar-refractivity contribution in [3.05, 3.63) is 11.6 Å². The van der Waals surface area contributed by atoms with Gasteiger partial charge in [0.05, 0.1) is 49.7 Å². The van der Waals surface area contributed by atoms with E-state index in [1.807, 2.05) is 0 Å². The van der Waals surface area contributed by atoms with Gasteiger partial charge >= 0.3 is 5.97 Å². The molecule has 3 saturated heterocycles. The van der Waals surface area contributed by atoms with E-state index >= 15 is 0 Å². The van der Waals surface area contributed by atoms with Crippen LogP contribution in [0, 0.1) is 50.2 Å². The summed E-state index contributed by atoms with van der Waals surface area (Å²) in [4.78, 5) is 25.3. The molecule has 4 saturated carbocycles. The zero-order valence-corrected chi connectivity index (χ0v) is 40.6. The molecule has 0 aromatic rings. The summed E-state index contributed by atoms with van der Waals surface area (Å²) in [6.45, 7) is 12.1. The van der Waals surface area contributed by atoms with E-state index in [1.165, 1.54) is 6.92 Å². The van der Waals surface area contributed by atoms with Gasteiger partial charge in [0.2, 0.25) is 12.6 Å². The summed E-state index contributed by atoms with van der Waals surface area (Å²) >= 11 is 0. The van der Waals surface area contributed by atoms with Crippen molar-refractivity contribution in [3.63, 3.8) is 0 Å². The number of aliphatic hydroxyl groups excluding tert-OH is 13. The minimum Gasteiger partial charge on any atom is -0.432 e. The Morgan fingerprint density at radius 3 is 1.96 bits per heavy atom. The third kappa shape index (κ3) is 8.48. The van der Waals surface area contributed by atoms with Crippen LogP contribution in [0.15, 0.2) is 11.6 Å². The van der Waals surface area contributed by atoms with E-state index in [4.69, 9.17) is 33.5 Å². The molecule has 26 unspecified atom stereocenters. The van der Waals surface area contributed by atoms with Gasteiger partial charge in [-0.2, -0.15) is 0 Å². The van der Waals surface area contributed by atoms with Gasteiger partial charge in [0.25, 0.3) is 0 Å². The fourth-order valence-electron chi connectivity index (χ4n) is 15.0. The molecule has 21 heteroatoms. The van der Waals surface area contributed by atoms with Crippen molar-refractivity contribution in [2.24, 2.45) is 50.2 Å². The molecule has 21 nitrogen and oxygen atoms in total. The maximum Gasteiger partial charge on any atom is 0.315 e. The highest BCUT2D eigenvalue weighted by Crippen LogP contribution is 2.76. The Morgan fingerprint density at radius 1 is 0.667 bits per heavy atom. The Labute approximate surface area is 401 Å². The molecule has 0 spiro atoms. The molecule has 26 atom stereocenters. The molecule has 0 amide bonds. The predicted molar refractivity (Wildman–Crippen MR) is 234 cm³/mol. The zero-order valence-electron chi connectivity index (χ0n) is 40.6. The van der Waals surface area contributed by atoms with Crippen LogP contribution in [0.4, 0.5) is 0 Å². The minimum atomic E-state index is -1.89. The van der Waals surface area contributed by atoms with Crippen molar-refractivity contribution in [2.75, 3.05) is 19.8 Å². The predicted octanol–water partition coefficient (Wildman–Crippen LogP) is -1.99. The van der Waals surface area contributed by atoms with E-state index < -0.39 is 169 Å². The number of aliphatic hydroxyl groups is 13. The fraction of sp³-hybridized carbons (Fsp3) is 0.938. The summed E-state index contributed by atoms with van der Waals surface area (Å²) in [6, 6.07) is 0. The van der Waals surface area contributed by atoms with Crippen molar-refractivity contribution in [2.45, 2.75) is 210 Å². The molecular formula is C48H78O21. The van der Waals surface area contributed by atoms with Crippen LogP contribution < -0.4 is 0 Å². The number of ether oxygens (including phenoxy) is 5. The largest absolute Gasteiger partial charge is 0.432 e. The van der Waals surface area contributed by atoms with Gasteiger partial charge < -0.3 is 90.1 Å². The Bertz CT molecular complexity index is 1890. The summed E-state index contributed by atoms with van der Waals surface area (Å²) < 4.78 is 28.8. The Morgan fingerprint density at radius 2 is 1.29 bits per heavy atom. The average Bonchev–Trinajstić information content (AvgIpc) is 3.29. The standard InChI is InChI=1S/C48H78O21/c1-20-28(53)30(55)34(59)41(64-20)69-68-36-25(17-49)65-39(35(60)32(36)57)63-18-26-29(54)31(56)33(58)40(66-26)67-42(62)48-12-10-43(2,3)14-22(48)21-8-9-27-44(4)15-24(52)38(61)45(5,19-50)37(44)23(51)16-47(27,7)46(21,6)11-13-48/h8,20,22-41,49-61H,9-19H2,1-7H3.